The average molecular weight is 206 g/mol. The van der Waals surface area contributed by atoms with Gasteiger partial charge in [-0.25, -0.2) is 4.79 Å². The molecule has 0 saturated heterocycles. The molecule has 80 valence electrons. The van der Waals surface area contributed by atoms with E-state index in [4.69, 9.17) is 15.3 Å². The third kappa shape index (κ3) is 6.29. The molecule has 0 rings (SSSR count). The Morgan fingerprint density at radius 3 is 2.60 bits per heavy atom. The molecule has 0 atom stereocenters. The molecule has 0 N–H and O–H groups in total. The Labute approximate surface area is 89.8 Å². The van der Waals surface area contributed by atoms with Crippen molar-refractivity contribution < 1.29 is 9.53 Å². The number of nitrogens with zero attached hydrogens (tertiary/aromatic N) is 2. The topological polar surface area (TPSA) is 73.9 Å². The molecule has 0 bridgehead atoms. The lowest BCUT2D eigenvalue weighted by molar-refractivity contribution is -0.139. The van der Waals surface area contributed by atoms with Gasteiger partial charge in [0.2, 0.25) is 0 Å². The van der Waals surface area contributed by atoms with Crippen molar-refractivity contribution >= 4 is 5.97 Å². The van der Waals surface area contributed by atoms with Crippen LogP contribution in [0.25, 0.3) is 0 Å². The van der Waals surface area contributed by atoms with Gasteiger partial charge in [-0.2, -0.15) is 10.5 Å². The molecule has 0 fully saturated rings. The SMILES string of the molecule is CC(C)COC(=O)C(C#N)=CCCC#N. The maximum Gasteiger partial charge on any atom is 0.348 e. The molecule has 15 heavy (non-hydrogen) atoms. The molecule has 0 aliphatic carbocycles. The van der Waals surface area contributed by atoms with Crippen LogP contribution in [0, 0.1) is 28.6 Å². The Hall–Kier alpha value is -1.81. The molecular formula is C11H14N2O2. The summed E-state index contributed by atoms with van der Waals surface area (Å²) in [6, 6.07) is 3.69. The van der Waals surface area contributed by atoms with Gasteiger partial charge < -0.3 is 4.74 Å². The molecule has 0 aromatic carbocycles. The van der Waals surface area contributed by atoms with E-state index < -0.39 is 5.97 Å². The minimum absolute atomic E-state index is 0.0223. The van der Waals surface area contributed by atoms with Gasteiger partial charge in [0.15, 0.2) is 0 Å². The van der Waals surface area contributed by atoms with Crippen LogP contribution in [0.3, 0.4) is 0 Å². The highest BCUT2D eigenvalue weighted by Gasteiger charge is 2.10. The lowest BCUT2D eigenvalue weighted by atomic mass is 10.2. The fourth-order valence-corrected chi connectivity index (χ4v) is 0.776. The lowest BCUT2D eigenvalue weighted by Gasteiger charge is -2.05. The molecule has 0 spiro atoms. The predicted octanol–water partition coefficient (Wildman–Crippen LogP) is 1.94. The normalized spacial score (nSPS) is 10.6. The minimum atomic E-state index is -0.607. The van der Waals surface area contributed by atoms with Crippen LogP contribution in [0.5, 0.6) is 0 Å². The molecule has 0 aliphatic rings. The number of nitriles is 2. The van der Waals surface area contributed by atoms with Gasteiger partial charge in [-0.1, -0.05) is 19.9 Å². The fourth-order valence-electron chi connectivity index (χ4n) is 0.776. The van der Waals surface area contributed by atoms with Crippen LogP contribution in [0.1, 0.15) is 26.7 Å². The molecule has 0 saturated carbocycles. The lowest BCUT2D eigenvalue weighted by Crippen LogP contribution is -2.11. The highest BCUT2D eigenvalue weighted by atomic mass is 16.5. The van der Waals surface area contributed by atoms with E-state index in [1.807, 2.05) is 19.9 Å². The van der Waals surface area contributed by atoms with E-state index in [1.165, 1.54) is 6.08 Å². The van der Waals surface area contributed by atoms with Gasteiger partial charge in [0.25, 0.3) is 0 Å². The molecule has 0 aliphatic heterocycles. The Balaban J connectivity index is 4.18. The first-order chi connectivity index (χ1) is 7.11. The summed E-state index contributed by atoms with van der Waals surface area (Å²) in [5.74, 6) is -0.364. The van der Waals surface area contributed by atoms with Crippen LogP contribution in [0.2, 0.25) is 0 Å². The molecule has 0 amide bonds. The zero-order valence-corrected chi connectivity index (χ0v) is 8.99. The largest absolute Gasteiger partial charge is 0.461 e. The number of rotatable bonds is 5. The zero-order valence-electron chi connectivity index (χ0n) is 8.99. The Morgan fingerprint density at radius 2 is 2.13 bits per heavy atom. The summed E-state index contributed by atoms with van der Waals surface area (Å²) in [6.45, 7) is 4.13. The number of esters is 1. The van der Waals surface area contributed by atoms with E-state index >= 15 is 0 Å². The number of hydrogen-bond acceptors (Lipinski definition) is 4. The Kier molecular flexibility index (Phi) is 6.67. The molecule has 4 heteroatoms. The summed E-state index contributed by atoms with van der Waals surface area (Å²) in [5, 5.41) is 16.9. The van der Waals surface area contributed by atoms with Crippen molar-refractivity contribution in [3.05, 3.63) is 11.6 Å². The van der Waals surface area contributed by atoms with Gasteiger partial charge in [0.05, 0.1) is 12.7 Å². The van der Waals surface area contributed by atoms with Crippen molar-refractivity contribution in [2.45, 2.75) is 26.7 Å². The van der Waals surface area contributed by atoms with Crippen LogP contribution < -0.4 is 0 Å². The van der Waals surface area contributed by atoms with Crippen molar-refractivity contribution in [2.24, 2.45) is 5.92 Å². The third-order valence-electron chi connectivity index (χ3n) is 1.49. The number of hydrogen-bond donors (Lipinski definition) is 0. The van der Waals surface area contributed by atoms with Gasteiger partial charge in [-0.3, -0.25) is 0 Å². The van der Waals surface area contributed by atoms with E-state index in [1.54, 1.807) is 6.07 Å². The molecule has 4 nitrogen and oxygen atoms in total. The molecule has 0 aromatic heterocycles. The molecular weight excluding hydrogens is 192 g/mol. The van der Waals surface area contributed by atoms with E-state index in [-0.39, 0.29) is 11.5 Å². The van der Waals surface area contributed by atoms with E-state index in [0.717, 1.165) is 0 Å². The minimum Gasteiger partial charge on any atom is -0.461 e. The van der Waals surface area contributed by atoms with Crippen molar-refractivity contribution in [1.82, 2.24) is 0 Å². The van der Waals surface area contributed by atoms with Gasteiger partial charge in [-0.05, 0) is 12.3 Å². The number of unbranched alkanes of at least 4 members (excludes halogenated alkanes) is 1. The van der Waals surface area contributed by atoms with Gasteiger partial charge in [0, 0.05) is 6.42 Å². The Morgan fingerprint density at radius 1 is 1.47 bits per heavy atom. The van der Waals surface area contributed by atoms with E-state index in [2.05, 4.69) is 0 Å². The summed E-state index contributed by atoms with van der Waals surface area (Å²) in [5.41, 5.74) is -0.0223. The monoisotopic (exact) mass is 206 g/mol. The number of carbonyl (C=O) groups is 1. The number of ether oxygens (including phenoxy) is 1. The van der Waals surface area contributed by atoms with Gasteiger partial charge >= 0.3 is 5.97 Å². The molecule has 0 unspecified atom stereocenters. The second-order valence-electron chi connectivity index (χ2n) is 3.42. The molecule has 0 heterocycles. The van der Waals surface area contributed by atoms with Crippen molar-refractivity contribution in [3.63, 3.8) is 0 Å². The van der Waals surface area contributed by atoms with Crippen molar-refractivity contribution in [1.29, 1.82) is 10.5 Å². The van der Waals surface area contributed by atoms with Crippen molar-refractivity contribution in [3.8, 4) is 12.1 Å². The van der Waals surface area contributed by atoms with Crippen LogP contribution >= 0.6 is 0 Å². The number of carbonyl (C=O) groups excluding carboxylic acids is 1. The quantitative estimate of drug-likeness (QED) is 0.298. The summed E-state index contributed by atoms with van der Waals surface area (Å²) in [7, 11) is 0. The number of allylic oxidation sites excluding steroid dienone is 1. The smallest absolute Gasteiger partial charge is 0.348 e. The van der Waals surface area contributed by atoms with E-state index in [0.29, 0.717) is 19.4 Å². The second-order valence-corrected chi connectivity index (χ2v) is 3.42. The summed E-state index contributed by atoms with van der Waals surface area (Å²) < 4.78 is 4.87. The first kappa shape index (κ1) is 13.2. The van der Waals surface area contributed by atoms with Gasteiger partial charge in [-0.15, -0.1) is 0 Å². The van der Waals surface area contributed by atoms with Crippen LogP contribution in [-0.4, -0.2) is 12.6 Å². The maximum absolute atomic E-state index is 11.3. The first-order valence-corrected chi connectivity index (χ1v) is 4.76. The summed E-state index contributed by atoms with van der Waals surface area (Å²) >= 11 is 0. The summed E-state index contributed by atoms with van der Waals surface area (Å²) in [4.78, 5) is 11.3. The van der Waals surface area contributed by atoms with Crippen LogP contribution in [-0.2, 0) is 9.53 Å². The van der Waals surface area contributed by atoms with E-state index in [9.17, 15) is 4.79 Å². The molecule has 0 aromatic rings. The summed E-state index contributed by atoms with van der Waals surface area (Å²) in [6.07, 6.45) is 2.13. The zero-order chi connectivity index (χ0) is 11.7. The maximum atomic E-state index is 11.3. The van der Waals surface area contributed by atoms with Gasteiger partial charge in [0.1, 0.15) is 11.6 Å². The highest BCUT2D eigenvalue weighted by Crippen LogP contribution is 2.02. The van der Waals surface area contributed by atoms with Crippen LogP contribution in [0.15, 0.2) is 11.6 Å². The average Bonchev–Trinajstić information content (AvgIpc) is 2.21. The second kappa shape index (κ2) is 7.58. The standard InChI is InChI=1S/C11H14N2O2/c1-9(2)8-15-11(14)10(7-13)5-3-4-6-12/h5,9H,3-4,8H2,1-2H3. The predicted molar refractivity (Wildman–Crippen MR) is 54.3 cm³/mol. The van der Waals surface area contributed by atoms with Crippen LogP contribution in [0.4, 0.5) is 0 Å². The highest BCUT2D eigenvalue weighted by molar-refractivity contribution is 5.92. The van der Waals surface area contributed by atoms with Crippen molar-refractivity contribution in [2.75, 3.05) is 6.61 Å². The fraction of sp³-hybridized carbons (Fsp3) is 0.545. The first-order valence-electron chi connectivity index (χ1n) is 4.76. The molecule has 0 radical (unpaired) electrons. The third-order valence-corrected chi connectivity index (χ3v) is 1.49. The Bertz CT molecular complexity index is 318.